The number of hydrogen-bond donors (Lipinski definition) is 1. The van der Waals surface area contributed by atoms with Gasteiger partial charge in [0.05, 0.1) is 24.3 Å². The summed E-state index contributed by atoms with van der Waals surface area (Å²) in [6, 6.07) is 4.98. The Morgan fingerprint density at radius 2 is 2.10 bits per heavy atom. The lowest BCUT2D eigenvalue weighted by molar-refractivity contribution is 0.619. The summed E-state index contributed by atoms with van der Waals surface area (Å²) < 4.78 is 15.6. The first-order valence-corrected chi connectivity index (χ1v) is 7.07. The van der Waals surface area contributed by atoms with Crippen LogP contribution in [0, 0.1) is 31.5 Å². The van der Waals surface area contributed by atoms with Crippen molar-refractivity contribution in [3.05, 3.63) is 52.1 Å². The van der Waals surface area contributed by atoms with Crippen LogP contribution in [0.3, 0.4) is 0 Å². The maximum absolute atomic E-state index is 13.7. The lowest BCUT2D eigenvalue weighted by Crippen LogP contribution is -2.05. The van der Waals surface area contributed by atoms with E-state index in [2.05, 4.69) is 30.8 Å². The van der Waals surface area contributed by atoms with Gasteiger partial charge in [0.2, 0.25) is 0 Å². The molecular weight excluding hydrogens is 265 g/mol. The van der Waals surface area contributed by atoms with Crippen molar-refractivity contribution in [2.75, 3.05) is 6.54 Å². The number of hydrogen-bond acceptors (Lipinski definition) is 2. The van der Waals surface area contributed by atoms with Crippen LogP contribution in [0.5, 0.6) is 0 Å². The third-order valence-corrected chi connectivity index (χ3v) is 3.57. The molecule has 3 nitrogen and oxygen atoms in total. The number of aryl methyl sites for hydroxylation is 1. The molecule has 21 heavy (non-hydrogen) atoms. The molecule has 0 amide bonds. The molecule has 0 saturated carbocycles. The Hall–Kier alpha value is -2.12. The zero-order valence-electron chi connectivity index (χ0n) is 12.7. The second kappa shape index (κ2) is 6.55. The van der Waals surface area contributed by atoms with Gasteiger partial charge in [0.15, 0.2) is 0 Å². The number of benzene rings is 1. The largest absolute Gasteiger partial charge is 0.320 e. The second-order valence-corrected chi connectivity index (χ2v) is 4.98. The number of rotatable bonds is 3. The quantitative estimate of drug-likeness (QED) is 0.881. The first kappa shape index (κ1) is 15.3. The number of halogens is 1. The fourth-order valence-electron chi connectivity index (χ4n) is 2.49. The van der Waals surface area contributed by atoms with Crippen LogP contribution in [0.1, 0.15) is 35.0 Å². The zero-order valence-corrected chi connectivity index (χ0v) is 12.7. The third-order valence-electron chi connectivity index (χ3n) is 3.57. The maximum atomic E-state index is 13.7. The Bertz CT molecular complexity index is 705. The monoisotopic (exact) mass is 285 g/mol. The molecule has 2 aromatic rings. The van der Waals surface area contributed by atoms with Gasteiger partial charge in [-0.1, -0.05) is 24.8 Å². The van der Waals surface area contributed by atoms with Crippen LogP contribution in [-0.4, -0.2) is 16.3 Å². The highest BCUT2D eigenvalue weighted by molar-refractivity contribution is 5.39. The molecule has 4 heteroatoms. The molecule has 1 aromatic carbocycles. The molecule has 1 heterocycles. The van der Waals surface area contributed by atoms with Crippen LogP contribution in [0.2, 0.25) is 0 Å². The number of nitrogens with zero attached hydrogens (tertiary/aromatic N) is 2. The Morgan fingerprint density at radius 3 is 2.71 bits per heavy atom. The third kappa shape index (κ3) is 3.32. The van der Waals surface area contributed by atoms with Crippen molar-refractivity contribution in [1.82, 2.24) is 9.78 Å². The Morgan fingerprint density at radius 1 is 1.33 bits per heavy atom. The van der Waals surface area contributed by atoms with E-state index in [-0.39, 0.29) is 12.4 Å². The molecule has 0 bridgehead atoms. The van der Waals surface area contributed by atoms with E-state index >= 15 is 0 Å². The summed E-state index contributed by atoms with van der Waals surface area (Å²) in [5, 5.41) is 4.56. The van der Waals surface area contributed by atoms with Crippen molar-refractivity contribution in [2.45, 2.75) is 33.7 Å². The first-order chi connectivity index (χ1) is 10.1. The number of aromatic nitrogens is 2. The summed E-state index contributed by atoms with van der Waals surface area (Å²) >= 11 is 0. The number of nitrogens with two attached hydrogens (primary N) is 1. The highest BCUT2D eigenvalue weighted by Gasteiger charge is 2.10. The molecular formula is C17H20FN3. The SMILES string of the molecule is CCc1c(C)nn(Cc2ccc(F)c(C#CCN)c2)c1C. The van der Waals surface area contributed by atoms with Gasteiger partial charge in [0, 0.05) is 5.69 Å². The molecule has 1 aromatic heterocycles. The molecule has 0 saturated heterocycles. The molecule has 110 valence electrons. The van der Waals surface area contributed by atoms with Gasteiger partial charge < -0.3 is 5.73 Å². The van der Waals surface area contributed by atoms with E-state index in [1.165, 1.54) is 11.6 Å². The van der Waals surface area contributed by atoms with E-state index in [9.17, 15) is 4.39 Å². The standard InChI is InChI=1S/C17H20FN3/c1-4-16-12(2)20-21(13(16)3)11-14-7-8-17(18)15(10-14)6-5-9-19/h7-8,10H,4,9,11,19H2,1-3H3. The normalized spacial score (nSPS) is 10.3. The minimum Gasteiger partial charge on any atom is -0.320 e. The van der Waals surface area contributed by atoms with E-state index in [0.29, 0.717) is 12.1 Å². The molecule has 0 radical (unpaired) electrons. The van der Waals surface area contributed by atoms with Crippen LogP contribution < -0.4 is 5.73 Å². The predicted octanol–water partition coefficient (Wildman–Crippen LogP) is 2.56. The predicted molar refractivity (Wildman–Crippen MR) is 82.5 cm³/mol. The van der Waals surface area contributed by atoms with Crippen molar-refractivity contribution in [3.8, 4) is 11.8 Å². The lowest BCUT2D eigenvalue weighted by atomic mass is 10.1. The van der Waals surface area contributed by atoms with Crippen LogP contribution in [0.25, 0.3) is 0 Å². The van der Waals surface area contributed by atoms with Gasteiger partial charge in [0.25, 0.3) is 0 Å². The molecule has 0 aliphatic rings. The zero-order chi connectivity index (χ0) is 15.4. The van der Waals surface area contributed by atoms with E-state index < -0.39 is 0 Å². The average Bonchev–Trinajstić information content (AvgIpc) is 2.73. The molecule has 2 N–H and O–H groups in total. The fourth-order valence-corrected chi connectivity index (χ4v) is 2.49. The topological polar surface area (TPSA) is 43.8 Å². The van der Waals surface area contributed by atoms with Crippen LogP contribution in [-0.2, 0) is 13.0 Å². The fraction of sp³-hybridized carbons (Fsp3) is 0.353. The molecule has 0 unspecified atom stereocenters. The Kier molecular flexibility index (Phi) is 4.77. The molecule has 0 spiro atoms. The Balaban J connectivity index is 2.32. The van der Waals surface area contributed by atoms with Gasteiger partial charge in [-0.3, -0.25) is 4.68 Å². The smallest absolute Gasteiger partial charge is 0.138 e. The van der Waals surface area contributed by atoms with Gasteiger partial charge in [-0.25, -0.2) is 4.39 Å². The van der Waals surface area contributed by atoms with Gasteiger partial charge in [-0.2, -0.15) is 5.10 Å². The molecule has 0 atom stereocenters. The van der Waals surface area contributed by atoms with E-state index in [4.69, 9.17) is 5.73 Å². The van der Waals surface area contributed by atoms with Gasteiger partial charge in [-0.15, -0.1) is 0 Å². The van der Waals surface area contributed by atoms with E-state index in [1.807, 2.05) is 11.6 Å². The summed E-state index contributed by atoms with van der Waals surface area (Å²) in [6.07, 6.45) is 0.967. The lowest BCUT2D eigenvalue weighted by Gasteiger charge is -2.06. The molecule has 2 rings (SSSR count). The average molecular weight is 285 g/mol. The molecule has 0 fully saturated rings. The van der Waals surface area contributed by atoms with Crippen LogP contribution in [0.15, 0.2) is 18.2 Å². The van der Waals surface area contributed by atoms with Crippen molar-refractivity contribution in [1.29, 1.82) is 0 Å². The van der Waals surface area contributed by atoms with Crippen molar-refractivity contribution < 1.29 is 4.39 Å². The summed E-state index contributed by atoms with van der Waals surface area (Å²) in [5.41, 5.74) is 10.2. The first-order valence-electron chi connectivity index (χ1n) is 7.07. The highest BCUT2D eigenvalue weighted by Crippen LogP contribution is 2.16. The summed E-state index contributed by atoms with van der Waals surface area (Å²) in [6.45, 7) is 7.05. The maximum Gasteiger partial charge on any atom is 0.138 e. The molecule has 0 aliphatic heterocycles. The minimum absolute atomic E-state index is 0.223. The molecule has 0 aliphatic carbocycles. The Labute approximate surface area is 125 Å². The van der Waals surface area contributed by atoms with Crippen LogP contribution >= 0.6 is 0 Å². The van der Waals surface area contributed by atoms with E-state index in [1.54, 1.807) is 12.1 Å². The van der Waals surface area contributed by atoms with Crippen molar-refractivity contribution in [2.24, 2.45) is 5.73 Å². The van der Waals surface area contributed by atoms with Crippen molar-refractivity contribution in [3.63, 3.8) is 0 Å². The van der Waals surface area contributed by atoms with Crippen LogP contribution in [0.4, 0.5) is 4.39 Å². The van der Waals surface area contributed by atoms with Gasteiger partial charge >= 0.3 is 0 Å². The van der Waals surface area contributed by atoms with Crippen molar-refractivity contribution >= 4 is 0 Å². The summed E-state index contributed by atoms with van der Waals surface area (Å²) in [7, 11) is 0. The second-order valence-electron chi connectivity index (χ2n) is 4.98. The van der Waals surface area contributed by atoms with Gasteiger partial charge in [0.1, 0.15) is 5.82 Å². The minimum atomic E-state index is -0.317. The highest BCUT2D eigenvalue weighted by atomic mass is 19.1. The summed E-state index contributed by atoms with van der Waals surface area (Å²) in [5.74, 6) is 5.13. The van der Waals surface area contributed by atoms with Gasteiger partial charge in [-0.05, 0) is 43.5 Å². The van der Waals surface area contributed by atoms with E-state index in [0.717, 1.165) is 23.4 Å². The summed E-state index contributed by atoms with van der Waals surface area (Å²) in [4.78, 5) is 0.